The Kier molecular flexibility index (Phi) is 4.76. The highest BCUT2D eigenvalue weighted by molar-refractivity contribution is 5.76. The summed E-state index contributed by atoms with van der Waals surface area (Å²) in [6, 6.07) is 0.204. The molecule has 0 aromatic carbocycles. The summed E-state index contributed by atoms with van der Waals surface area (Å²) >= 11 is 0. The fraction of sp³-hybridized carbons (Fsp3) is 0.900. The lowest BCUT2D eigenvalue weighted by molar-refractivity contribution is -0.162. The van der Waals surface area contributed by atoms with Gasteiger partial charge in [0.05, 0.1) is 0 Å². The number of halogens is 3. The van der Waals surface area contributed by atoms with Crippen molar-refractivity contribution in [2.45, 2.75) is 25.6 Å². The summed E-state index contributed by atoms with van der Waals surface area (Å²) in [6.07, 6.45) is -5.78. The Morgan fingerprint density at radius 3 is 2.24 bits per heavy atom. The molecule has 1 heterocycles. The molecule has 0 radical (unpaired) electrons. The van der Waals surface area contributed by atoms with Crippen molar-refractivity contribution in [1.82, 2.24) is 9.80 Å². The lowest BCUT2D eigenvalue weighted by atomic mass is 10.2. The van der Waals surface area contributed by atoms with E-state index in [2.05, 4.69) is 4.90 Å². The molecule has 0 saturated carbocycles. The quantitative estimate of drug-likeness (QED) is 0.793. The first-order chi connectivity index (χ1) is 7.83. The average Bonchev–Trinajstić information content (AvgIpc) is 2.26. The number of carbonyl (C=O) groups excluding carboxylic acids is 1. The summed E-state index contributed by atoms with van der Waals surface area (Å²) in [5.41, 5.74) is 5.51. The second-order valence-corrected chi connectivity index (χ2v) is 4.29. The smallest absolute Gasteiger partial charge is 0.340 e. The number of rotatable bonds is 3. The molecule has 0 aliphatic carbocycles. The van der Waals surface area contributed by atoms with Crippen molar-refractivity contribution in [2.24, 2.45) is 5.73 Å². The van der Waals surface area contributed by atoms with E-state index in [1.165, 1.54) is 4.90 Å². The van der Waals surface area contributed by atoms with Crippen LogP contribution in [-0.4, -0.2) is 60.6 Å². The van der Waals surface area contributed by atoms with Crippen LogP contribution in [0.15, 0.2) is 0 Å². The highest BCUT2D eigenvalue weighted by atomic mass is 19.4. The lowest BCUT2D eigenvalue weighted by Crippen LogP contribution is -2.53. The molecule has 1 aliphatic rings. The molecule has 1 atom stereocenters. The number of amides is 1. The molecule has 0 aromatic heterocycles. The van der Waals surface area contributed by atoms with Gasteiger partial charge in [0.1, 0.15) is 6.42 Å². The second kappa shape index (κ2) is 5.68. The van der Waals surface area contributed by atoms with Gasteiger partial charge in [-0.3, -0.25) is 9.69 Å². The van der Waals surface area contributed by atoms with Crippen LogP contribution in [0.1, 0.15) is 13.3 Å². The monoisotopic (exact) mass is 253 g/mol. The maximum absolute atomic E-state index is 12.0. The third-order valence-electron chi connectivity index (χ3n) is 2.98. The molecule has 0 aromatic rings. The second-order valence-electron chi connectivity index (χ2n) is 4.29. The van der Waals surface area contributed by atoms with Crippen molar-refractivity contribution in [1.29, 1.82) is 0 Å². The van der Waals surface area contributed by atoms with Gasteiger partial charge in [-0.1, -0.05) is 0 Å². The van der Waals surface area contributed by atoms with Gasteiger partial charge in [0, 0.05) is 38.8 Å². The molecule has 7 heteroatoms. The third kappa shape index (κ3) is 4.51. The molecule has 2 N–H and O–H groups in total. The number of nitrogens with two attached hydrogens (primary N) is 1. The Hall–Kier alpha value is -0.820. The molecule has 0 spiro atoms. The van der Waals surface area contributed by atoms with Crippen LogP contribution in [0.4, 0.5) is 13.2 Å². The zero-order valence-corrected chi connectivity index (χ0v) is 9.83. The first-order valence-electron chi connectivity index (χ1n) is 5.62. The van der Waals surface area contributed by atoms with Gasteiger partial charge < -0.3 is 10.6 Å². The van der Waals surface area contributed by atoms with E-state index in [0.717, 1.165) is 0 Å². The number of carbonyl (C=O) groups is 1. The van der Waals surface area contributed by atoms with E-state index in [4.69, 9.17) is 5.73 Å². The fourth-order valence-corrected chi connectivity index (χ4v) is 1.84. The molecule has 17 heavy (non-hydrogen) atoms. The normalized spacial score (nSPS) is 20.4. The van der Waals surface area contributed by atoms with Crippen molar-refractivity contribution in [3.63, 3.8) is 0 Å². The van der Waals surface area contributed by atoms with Crippen LogP contribution in [0.5, 0.6) is 0 Å². The average molecular weight is 253 g/mol. The topological polar surface area (TPSA) is 49.6 Å². The van der Waals surface area contributed by atoms with E-state index >= 15 is 0 Å². The van der Waals surface area contributed by atoms with Crippen molar-refractivity contribution < 1.29 is 18.0 Å². The number of alkyl halides is 3. The maximum atomic E-state index is 12.0. The van der Waals surface area contributed by atoms with E-state index in [0.29, 0.717) is 32.7 Å². The van der Waals surface area contributed by atoms with Crippen LogP contribution in [0, 0.1) is 0 Å². The molecule has 1 saturated heterocycles. The summed E-state index contributed by atoms with van der Waals surface area (Å²) in [4.78, 5) is 14.7. The summed E-state index contributed by atoms with van der Waals surface area (Å²) in [5, 5.41) is 0. The zero-order valence-electron chi connectivity index (χ0n) is 9.83. The van der Waals surface area contributed by atoms with Gasteiger partial charge >= 0.3 is 6.18 Å². The van der Waals surface area contributed by atoms with Crippen molar-refractivity contribution in [3.05, 3.63) is 0 Å². The molecule has 1 aliphatic heterocycles. The summed E-state index contributed by atoms with van der Waals surface area (Å²) in [7, 11) is 0. The molecule has 100 valence electrons. The molecule has 4 nitrogen and oxygen atoms in total. The molecule has 1 amide bonds. The van der Waals surface area contributed by atoms with Gasteiger partial charge in [-0.05, 0) is 6.92 Å². The minimum Gasteiger partial charge on any atom is -0.340 e. The van der Waals surface area contributed by atoms with E-state index in [1.807, 2.05) is 6.92 Å². The van der Waals surface area contributed by atoms with Crippen LogP contribution < -0.4 is 5.73 Å². The van der Waals surface area contributed by atoms with E-state index in [9.17, 15) is 18.0 Å². The van der Waals surface area contributed by atoms with Crippen molar-refractivity contribution in [3.8, 4) is 0 Å². The Bertz CT molecular complexity index is 262. The summed E-state index contributed by atoms with van der Waals surface area (Å²) < 4.78 is 36.1. The Morgan fingerprint density at radius 2 is 1.82 bits per heavy atom. The summed E-state index contributed by atoms with van der Waals surface area (Å²) in [5.74, 6) is -0.836. The van der Waals surface area contributed by atoms with Gasteiger partial charge in [0.2, 0.25) is 5.91 Å². The Morgan fingerprint density at radius 1 is 1.29 bits per heavy atom. The Balaban J connectivity index is 2.39. The molecule has 1 unspecified atom stereocenters. The maximum Gasteiger partial charge on any atom is 0.397 e. The predicted molar refractivity (Wildman–Crippen MR) is 57.3 cm³/mol. The number of piperazine rings is 1. The van der Waals surface area contributed by atoms with E-state index < -0.39 is 18.5 Å². The number of hydrogen-bond donors (Lipinski definition) is 1. The zero-order chi connectivity index (χ0) is 13.1. The van der Waals surface area contributed by atoms with Crippen molar-refractivity contribution in [2.75, 3.05) is 32.7 Å². The first-order valence-corrected chi connectivity index (χ1v) is 5.62. The molecule has 0 bridgehead atoms. The minimum atomic E-state index is -4.42. The van der Waals surface area contributed by atoms with Gasteiger partial charge in [-0.2, -0.15) is 13.2 Å². The van der Waals surface area contributed by atoms with E-state index in [1.54, 1.807) is 0 Å². The van der Waals surface area contributed by atoms with Gasteiger partial charge in [-0.25, -0.2) is 0 Å². The van der Waals surface area contributed by atoms with Crippen LogP contribution >= 0.6 is 0 Å². The molecule has 1 fully saturated rings. The molecular weight excluding hydrogens is 235 g/mol. The van der Waals surface area contributed by atoms with Crippen molar-refractivity contribution >= 4 is 5.91 Å². The van der Waals surface area contributed by atoms with Gasteiger partial charge in [-0.15, -0.1) is 0 Å². The standard InChI is InChI=1S/C10H18F3N3O/c1-8(7-14)15-2-4-16(5-3-15)9(17)6-10(11,12)13/h8H,2-7,14H2,1H3. The third-order valence-corrected chi connectivity index (χ3v) is 2.98. The first kappa shape index (κ1) is 14.2. The van der Waals surface area contributed by atoms with E-state index in [-0.39, 0.29) is 6.04 Å². The predicted octanol–water partition coefficient (Wildman–Crippen LogP) is 0.430. The SMILES string of the molecule is CC(CN)N1CCN(C(=O)CC(F)(F)F)CC1. The highest BCUT2D eigenvalue weighted by Gasteiger charge is 2.34. The van der Waals surface area contributed by atoms with Gasteiger partial charge in [0.15, 0.2) is 0 Å². The van der Waals surface area contributed by atoms with Crippen LogP contribution in [0.2, 0.25) is 0 Å². The molecular formula is C10H18F3N3O. The van der Waals surface area contributed by atoms with Crippen LogP contribution in [0.3, 0.4) is 0 Å². The van der Waals surface area contributed by atoms with Gasteiger partial charge in [0.25, 0.3) is 0 Å². The lowest BCUT2D eigenvalue weighted by Gasteiger charge is -2.37. The minimum absolute atomic E-state index is 0.204. The largest absolute Gasteiger partial charge is 0.397 e. The van der Waals surface area contributed by atoms with Crippen LogP contribution in [0.25, 0.3) is 0 Å². The summed E-state index contributed by atoms with van der Waals surface area (Å²) in [6.45, 7) is 4.34. The number of hydrogen-bond acceptors (Lipinski definition) is 3. The fourth-order valence-electron chi connectivity index (χ4n) is 1.84. The number of nitrogens with zero attached hydrogens (tertiary/aromatic N) is 2. The molecule has 1 rings (SSSR count). The Labute approximate surface area is 98.5 Å². The van der Waals surface area contributed by atoms with Crippen LogP contribution in [-0.2, 0) is 4.79 Å². The highest BCUT2D eigenvalue weighted by Crippen LogP contribution is 2.21.